The number of aromatic nitrogens is 2. The number of carbonyl (C=O) groups is 1. The second-order valence-electron chi connectivity index (χ2n) is 7.38. The molecule has 0 bridgehead atoms. The Kier molecular flexibility index (Phi) is 4.34. The first-order valence-electron chi connectivity index (χ1n) is 9.33. The van der Waals surface area contributed by atoms with Crippen molar-refractivity contribution in [2.24, 2.45) is 5.92 Å². The summed E-state index contributed by atoms with van der Waals surface area (Å²) >= 11 is 0. The Balaban J connectivity index is 1.66. The van der Waals surface area contributed by atoms with Crippen LogP contribution in [0.1, 0.15) is 47.1 Å². The van der Waals surface area contributed by atoms with E-state index in [1.54, 1.807) is 0 Å². The number of hydrogen-bond acceptors (Lipinski definition) is 3. The van der Waals surface area contributed by atoms with E-state index in [9.17, 15) is 4.79 Å². The molecule has 0 radical (unpaired) electrons. The normalized spacial score (nSPS) is 22.6. The van der Waals surface area contributed by atoms with Gasteiger partial charge in [-0.25, -0.2) is 4.68 Å². The summed E-state index contributed by atoms with van der Waals surface area (Å²) in [7, 11) is 0. The number of hydrogen-bond donors (Lipinski definition) is 2. The second kappa shape index (κ2) is 6.64. The molecule has 1 amide bonds. The number of fused-ring (bicyclic) bond motifs is 1. The van der Waals surface area contributed by atoms with Gasteiger partial charge in [0.25, 0.3) is 5.91 Å². The Morgan fingerprint density at radius 2 is 2.16 bits per heavy atom. The van der Waals surface area contributed by atoms with Gasteiger partial charge in [-0.2, -0.15) is 5.10 Å². The highest BCUT2D eigenvalue weighted by Gasteiger charge is 2.30. The molecule has 0 saturated carbocycles. The number of amides is 1. The lowest BCUT2D eigenvalue weighted by molar-refractivity contribution is 0.0907. The highest BCUT2D eigenvalue weighted by Crippen LogP contribution is 2.29. The average molecular weight is 338 g/mol. The number of para-hydroxylation sites is 1. The highest BCUT2D eigenvalue weighted by atomic mass is 16.2. The van der Waals surface area contributed by atoms with Crippen LogP contribution in [0.5, 0.6) is 0 Å². The number of rotatable bonds is 3. The van der Waals surface area contributed by atoms with Gasteiger partial charge in [0.15, 0.2) is 5.69 Å². The molecule has 2 unspecified atom stereocenters. The zero-order valence-corrected chi connectivity index (χ0v) is 15.0. The lowest BCUT2D eigenvalue weighted by Crippen LogP contribution is -2.48. The summed E-state index contributed by atoms with van der Waals surface area (Å²) in [6, 6.07) is 8.47. The topological polar surface area (TPSA) is 59.0 Å². The summed E-state index contributed by atoms with van der Waals surface area (Å²) in [5.74, 6) is 0.438. The van der Waals surface area contributed by atoms with Gasteiger partial charge in [0.2, 0.25) is 0 Å². The lowest BCUT2D eigenvalue weighted by Gasteiger charge is -2.30. The second-order valence-corrected chi connectivity index (χ2v) is 7.38. The molecule has 1 aromatic heterocycles. The molecule has 25 heavy (non-hydrogen) atoms. The number of nitrogens with zero attached hydrogens (tertiary/aromatic N) is 2. The molecule has 2 aromatic rings. The number of piperidine rings is 1. The molecule has 2 N–H and O–H groups in total. The Hall–Kier alpha value is -2.14. The third-order valence-electron chi connectivity index (χ3n) is 5.59. The summed E-state index contributed by atoms with van der Waals surface area (Å²) in [4.78, 5) is 12.9. The van der Waals surface area contributed by atoms with Gasteiger partial charge in [0.05, 0.1) is 5.69 Å². The molecule has 4 rings (SSSR count). The van der Waals surface area contributed by atoms with Crippen molar-refractivity contribution in [3.8, 4) is 5.69 Å². The molecule has 5 nitrogen and oxygen atoms in total. The van der Waals surface area contributed by atoms with Crippen LogP contribution in [0.3, 0.4) is 0 Å². The van der Waals surface area contributed by atoms with Gasteiger partial charge in [-0.1, -0.05) is 25.1 Å². The molecule has 1 aromatic carbocycles. The van der Waals surface area contributed by atoms with Crippen LogP contribution in [0.2, 0.25) is 0 Å². The maximum Gasteiger partial charge on any atom is 0.272 e. The average Bonchev–Trinajstić information content (AvgIpc) is 3.20. The first kappa shape index (κ1) is 16.3. The summed E-state index contributed by atoms with van der Waals surface area (Å²) in [6.07, 6.45) is 4.02. The van der Waals surface area contributed by atoms with Gasteiger partial charge in [0.1, 0.15) is 0 Å². The van der Waals surface area contributed by atoms with Crippen LogP contribution in [-0.2, 0) is 12.8 Å². The first-order valence-corrected chi connectivity index (χ1v) is 9.33. The summed E-state index contributed by atoms with van der Waals surface area (Å²) in [5.41, 5.74) is 5.23. The van der Waals surface area contributed by atoms with Gasteiger partial charge >= 0.3 is 0 Å². The van der Waals surface area contributed by atoms with E-state index >= 15 is 0 Å². The standard InChI is InChI=1S/C20H26N4O/c1-13-6-3-4-8-17(13)24-18-9-5-7-15(18)19(23-24)20(25)22-16-10-11-21-12-14(16)2/h3-4,6,8,14,16,21H,5,7,9-12H2,1-2H3,(H,22,25). The van der Waals surface area contributed by atoms with Crippen molar-refractivity contribution in [2.45, 2.75) is 45.6 Å². The summed E-state index contributed by atoms with van der Waals surface area (Å²) < 4.78 is 2.00. The number of aryl methyl sites for hydroxylation is 1. The quantitative estimate of drug-likeness (QED) is 0.903. The van der Waals surface area contributed by atoms with Crippen LogP contribution in [0.4, 0.5) is 0 Å². The Morgan fingerprint density at radius 3 is 2.96 bits per heavy atom. The van der Waals surface area contributed by atoms with Crippen molar-refractivity contribution in [1.82, 2.24) is 20.4 Å². The molecule has 1 fully saturated rings. The largest absolute Gasteiger partial charge is 0.348 e. The molecule has 2 aliphatic rings. The predicted molar refractivity (Wildman–Crippen MR) is 98.2 cm³/mol. The lowest BCUT2D eigenvalue weighted by atomic mass is 9.95. The molecular weight excluding hydrogens is 312 g/mol. The molecule has 1 aliphatic heterocycles. The molecule has 132 valence electrons. The van der Waals surface area contributed by atoms with Gasteiger partial charge in [-0.3, -0.25) is 4.79 Å². The predicted octanol–water partition coefficient (Wildman–Crippen LogP) is 2.40. The summed E-state index contributed by atoms with van der Waals surface area (Å²) in [6.45, 7) is 6.20. The van der Waals surface area contributed by atoms with E-state index < -0.39 is 0 Å². The fraction of sp³-hybridized carbons (Fsp3) is 0.500. The van der Waals surface area contributed by atoms with Crippen molar-refractivity contribution in [3.05, 3.63) is 46.8 Å². The van der Waals surface area contributed by atoms with Crippen LogP contribution in [0, 0.1) is 12.8 Å². The number of nitrogens with one attached hydrogen (secondary N) is 2. The van der Waals surface area contributed by atoms with Crippen LogP contribution in [0.25, 0.3) is 5.69 Å². The fourth-order valence-electron chi connectivity index (χ4n) is 4.09. The molecule has 5 heteroatoms. The Morgan fingerprint density at radius 1 is 1.32 bits per heavy atom. The Bertz CT molecular complexity index is 795. The maximum absolute atomic E-state index is 12.9. The molecule has 2 heterocycles. The van der Waals surface area contributed by atoms with Crippen molar-refractivity contribution in [1.29, 1.82) is 0 Å². The van der Waals surface area contributed by atoms with Gasteiger partial charge in [-0.15, -0.1) is 0 Å². The fourth-order valence-corrected chi connectivity index (χ4v) is 4.09. The maximum atomic E-state index is 12.9. The third kappa shape index (κ3) is 2.97. The molecular formula is C20H26N4O. The zero-order valence-electron chi connectivity index (χ0n) is 15.0. The number of carbonyl (C=O) groups excluding carboxylic acids is 1. The van der Waals surface area contributed by atoms with Crippen molar-refractivity contribution < 1.29 is 4.79 Å². The summed E-state index contributed by atoms with van der Waals surface area (Å²) in [5, 5.41) is 11.4. The first-order chi connectivity index (χ1) is 12.1. The van der Waals surface area contributed by atoms with Crippen LogP contribution in [0.15, 0.2) is 24.3 Å². The van der Waals surface area contributed by atoms with Crippen molar-refractivity contribution in [3.63, 3.8) is 0 Å². The minimum atomic E-state index is -0.00997. The molecule has 0 spiro atoms. The van der Waals surface area contributed by atoms with Crippen LogP contribution in [-0.4, -0.2) is 34.8 Å². The minimum Gasteiger partial charge on any atom is -0.348 e. The van der Waals surface area contributed by atoms with Crippen molar-refractivity contribution >= 4 is 5.91 Å². The third-order valence-corrected chi connectivity index (χ3v) is 5.59. The SMILES string of the molecule is Cc1ccccc1-n1nc(C(=O)NC2CCNCC2C)c2c1CCC2. The van der Waals surface area contributed by atoms with Gasteiger partial charge < -0.3 is 10.6 Å². The van der Waals surface area contributed by atoms with Crippen LogP contribution >= 0.6 is 0 Å². The Labute approximate surface area is 148 Å². The van der Waals surface area contributed by atoms with E-state index in [2.05, 4.69) is 36.6 Å². The molecule has 1 saturated heterocycles. The molecule has 1 aliphatic carbocycles. The van der Waals surface area contributed by atoms with Crippen molar-refractivity contribution in [2.75, 3.05) is 13.1 Å². The van der Waals surface area contributed by atoms with E-state index in [1.165, 1.54) is 11.3 Å². The van der Waals surface area contributed by atoms with E-state index in [0.29, 0.717) is 11.6 Å². The van der Waals surface area contributed by atoms with Crippen LogP contribution < -0.4 is 10.6 Å². The zero-order chi connectivity index (χ0) is 17.4. The van der Waals surface area contributed by atoms with Gasteiger partial charge in [-0.05, 0) is 63.2 Å². The van der Waals surface area contributed by atoms with E-state index in [0.717, 1.165) is 50.0 Å². The van der Waals surface area contributed by atoms with E-state index in [1.807, 2.05) is 16.8 Å². The monoisotopic (exact) mass is 338 g/mol. The smallest absolute Gasteiger partial charge is 0.272 e. The number of benzene rings is 1. The van der Waals surface area contributed by atoms with E-state index in [4.69, 9.17) is 5.10 Å². The minimum absolute atomic E-state index is 0.00997. The highest BCUT2D eigenvalue weighted by molar-refractivity contribution is 5.94. The van der Waals surface area contributed by atoms with E-state index in [-0.39, 0.29) is 11.9 Å². The van der Waals surface area contributed by atoms with Gasteiger partial charge in [0, 0.05) is 17.3 Å². The molecule has 2 atom stereocenters.